The summed E-state index contributed by atoms with van der Waals surface area (Å²) in [6, 6.07) is 8.47. The molecular formula is C18H23N3O6S2. The Balaban J connectivity index is 2.27. The van der Waals surface area contributed by atoms with Crippen molar-refractivity contribution >= 4 is 31.6 Å². The van der Waals surface area contributed by atoms with Crippen molar-refractivity contribution in [3.05, 3.63) is 48.0 Å². The molecule has 0 aromatic heterocycles. The Morgan fingerprint density at radius 1 is 0.966 bits per heavy atom. The minimum absolute atomic E-state index is 0.00432. The maximum Gasteiger partial charge on any atom is 0.255 e. The average molecular weight is 442 g/mol. The highest BCUT2D eigenvalue weighted by Gasteiger charge is 2.20. The molecule has 2 aromatic carbocycles. The molecule has 0 unspecified atom stereocenters. The highest BCUT2D eigenvalue weighted by atomic mass is 32.2. The topological polar surface area (TPSA) is 133 Å². The predicted octanol–water partition coefficient (Wildman–Crippen LogP) is 1.58. The minimum Gasteiger partial charge on any atom is -0.506 e. The number of benzene rings is 2. The van der Waals surface area contributed by atoms with Crippen LogP contribution in [0.4, 0.5) is 5.69 Å². The van der Waals surface area contributed by atoms with Gasteiger partial charge in [0.2, 0.25) is 20.0 Å². The minimum atomic E-state index is -3.75. The SMILES string of the molecule is CC(C)NS(=O)(=O)c1ccc(C(=O)Nc2cc(S(=O)(=O)N(C)C)ccc2O)cc1. The van der Waals surface area contributed by atoms with Crippen LogP contribution in [0.3, 0.4) is 0 Å². The Labute approximate surface area is 170 Å². The number of hydrogen-bond acceptors (Lipinski definition) is 6. The molecule has 2 rings (SSSR count). The van der Waals surface area contributed by atoms with Crippen molar-refractivity contribution in [1.82, 2.24) is 9.03 Å². The zero-order valence-corrected chi connectivity index (χ0v) is 18.0. The van der Waals surface area contributed by atoms with Crippen LogP contribution in [0, 0.1) is 0 Å². The zero-order valence-electron chi connectivity index (χ0n) is 16.4. The van der Waals surface area contributed by atoms with Gasteiger partial charge in [0.15, 0.2) is 0 Å². The first kappa shape index (κ1) is 22.8. The van der Waals surface area contributed by atoms with Crippen molar-refractivity contribution in [3.8, 4) is 5.75 Å². The van der Waals surface area contributed by atoms with E-state index in [4.69, 9.17) is 0 Å². The number of rotatable bonds is 7. The molecule has 0 saturated carbocycles. The molecule has 0 atom stereocenters. The third-order valence-electron chi connectivity index (χ3n) is 3.81. The van der Waals surface area contributed by atoms with Crippen LogP contribution >= 0.6 is 0 Å². The summed E-state index contributed by atoms with van der Waals surface area (Å²) in [5.41, 5.74) is 0.0462. The van der Waals surface area contributed by atoms with Crippen LogP contribution in [0.5, 0.6) is 5.75 Å². The van der Waals surface area contributed by atoms with Crippen molar-refractivity contribution in [3.63, 3.8) is 0 Å². The van der Waals surface area contributed by atoms with Gasteiger partial charge in [-0.2, -0.15) is 0 Å². The summed E-state index contributed by atoms with van der Waals surface area (Å²) in [5, 5.41) is 12.4. The average Bonchev–Trinajstić information content (AvgIpc) is 2.62. The first-order valence-corrected chi connectivity index (χ1v) is 11.5. The van der Waals surface area contributed by atoms with Crippen LogP contribution in [-0.4, -0.2) is 52.3 Å². The highest BCUT2D eigenvalue weighted by Crippen LogP contribution is 2.28. The van der Waals surface area contributed by atoms with Crippen molar-refractivity contribution in [1.29, 1.82) is 0 Å². The van der Waals surface area contributed by atoms with Gasteiger partial charge in [0.25, 0.3) is 5.91 Å². The van der Waals surface area contributed by atoms with Crippen molar-refractivity contribution in [2.24, 2.45) is 0 Å². The fraction of sp³-hybridized carbons (Fsp3) is 0.278. The predicted molar refractivity (Wildman–Crippen MR) is 109 cm³/mol. The van der Waals surface area contributed by atoms with Gasteiger partial charge in [-0.15, -0.1) is 0 Å². The number of sulfonamides is 2. The Bertz CT molecular complexity index is 1110. The molecule has 0 aliphatic carbocycles. The molecule has 0 spiro atoms. The molecule has 0 fully saturated rings. The molecule has 1 amide bonds. The van der Waals surface area contributed by atoms with E-state index in [9.17, 15) is 26.7 Å². The monoisotopic (exact) mass is 441 g/mol. The number of aromatic hydroxyl groups is 1. The quantitative estimate of drug-likeness (QED) is 0.559. The normalized spacial score (nSPS) is 12.3. The first-order chi connectivity index (χ1) is 13.3. The second-order valence-corrected chi connectivity index (χ2v) is 10.6. The third kappa shape index (κ3) is 5.32. The molecule has 0 aliphatic rings. The Morgan fingerprint density at radius 2 is 1.52 bits per heavy atom. The fourth-order valence-corrected chi connectivity index (χ4v) is 4.52. The standard InChI is InChI=1S/C18H23N3O6S2/c1-12(2)20-28(24,25)14-7-5-13(6-8-14)18(23)19-16-11-15(9-10-17(16)22)29(26,27)21(3)4/h5-12,20,22H,1-4H3,(H,19,23). The Hall–Kier alpha value is -2.47. The summed E-state index contributed by atoms with van der Waals surface area (Å²) >= 11 is 0. The number of amides is 1. The van der Waals surface area contributed by atoms with E-state index in [1.165, 1.54) is 50.5 Å². The number of carbonyl (C=O) groups excluding carboxylic acids is 1. The van der Waals surface area contributed by atoms with Gasteiger partial charge >= 0.3 is 0 Å². The third-order valence-corrected chi connectivity index (χ3v) is 7.30. The largest absolute Gasteiger partial charge is 0.506 e. The molecule has 0 aliphatic heterocycles. The van der Waals surface area contributed by atoms with Crippen LogP contribution in [0.25, 0.3) is 0 Å². The van der Waals surface area contributed by atoms with Crippen molar-refractivity contribution in [2.75, 3.05) is 19.4 Å². The molecule has 11 heteroatoms. The lowest BCUT2D eigenvalue weighted by Gasteiger charge is -2.14. The summed E-state index contributed by atoms with van der Waals surface area (Å²) < 4.78 is 52.2. The van der Waals surface area contributed by atoms with Gasteiger partial charge in [-0.1, -0.05) is 0 Å². The molecule has 29 heavy (non-hydrogen) atoms. The molecule has 0 radical (unpaired) electrons. The number of nitrogens with one attached hydrogen (secondary N) is 2. The summed E-state index contributed by atoms with van der Waals surface area (Å²) in [5.74, 6) is -0.947. The van der Waals surface area contributed by atoms with Gasteiger partial charge in [0, 0.05) is 25.7 Å². The first-order valence-electron chi connectivity index (χ1n) is 8.54. The smallest absolute Gasteiger partial charge is 0.255 e. The Morgan fingerprint density at radius 3 is 2.03 bits per heavy atom. The van der Waals surface area contributed by atoms with E-state index < -0.39 is 26.0 Å². The van der Waals surface area contributed by atoms with E-state index in [1.807, 2.05) is 0 Å². The maximum atomic E-state index is 12.5. The molecule has 0 saturated heterocycles. The summed E-state index contributed by atoms with van der Waals surface area (Å²) in [4.78, 5) is 12.4. The molecule has 3 N–H and O–H groups in total. The second kappa shape index (κ2) is 8.49. The molecular weight excluding hydrogens is 418 g/mol. The number of anilines is 1. The number of phenolic OH excluding ortho intramolecular Hbond substituents is 1. The van der Waals surface area contributed by atoms with E-state index in [-0.39, 0.29) is 32.8 Å². The van der Waals surface area contributed by atoms with Crippen LogP contribution in [0.2, 0.25) is 0 Å². The molecule has 2 aromatic rings. The molecule has 9 nitrogen and oxygen atoms in total. The van der Waals surface area contributed by atoms with Gasteiger partial charge in [0.1, 0.15) is 5.75 Å². The van der Waals surface area contributed by atoms with Gasteiger partial charge in [0.05, 0.1) is 15.5 Å². The van der Waals surface area contributed by atoms with Crippen LogP contribution < -0.4 is 10.0 Å². The van der Waals surface area contributed by atoms with E-state index in [1.54, 1.807) is 13.8 Å². The molecule has 158 valence electrons. The lowest BCUT2D eigenvalue weighted by molar-refractivity contribution is 0.102. The van der Waals surface area contributed by atoms with E-state index >= 15 is 0 Å². The van der Waals surface area contributed by atoms with Gasteiger partial charge in [-0.05, 0) is 56.3 Å². The zero-order chi connectivity index (χ0) is 22.0. The van der Waals surface area contributed by atoms with E-state index in [0.29, 0.717) is 0 Å². The van der Waals surface area contributed by atoms with Gasteiger partial charge in [-0.3, -0.25) is 4.79 Å². The Kier molecular flexibility index (Phi) is 6.68. The van der Waals surface area contributed by atoms with Gasteiger partial charge < -0.3 is 10.4 Å². The summed E-state index contributed by atoms with van der Waals surface area (Å²) in [6.45, 7) is 3.38. The lowest BCUT2D eigenvalue weighted by atomic mass is 10.2. The van der Waals surface area contributed by atoms with Crippen LogP contribution in [-0.2, 0) is 20.0 Å². The molecule has 0 bridgehead atoms. The second-order valence-electron chi connectivity index (χ2n) is 6.72. The number of phenols is 1. The van der Waals surface area contributed by atoms with E-state index in [0.717, 1.165) is 10.4 Å². The van der Waals surface area contributed by atoms with Crippen LogP contribution in [0.1, 0.15) is 24.2 Å². The van der Waals surface area contributed by atoms with Crippen molar-refractivity contribution in [2.45, 2.75) is 29.7 Å². The van der Waals surface area contributed by atoms with E-state index in [2.05, 4.69) is 10.0 Å². The lowest BCUT2D eigenvalue weighted by Crippen LogP contribution is -2.30. The molecule has 0 heterocycles. The van der Waals surface area contributed by atoms with Crippen molar-refractivity contribution < 1.29 is 26.7 Å². The number of carbonyl (C=O) groups is 1. The summed E-state index contributed by atoms with van der Waals surface area (Å²) in [6.07, 6.45) is 0. The number of nitrogens with zero attached hydrogens (tertiary/aromatic N) is 1. The van der Waals surface area contributed by atoms with Crippen LogP contribution in [0.15, 0.2) is 52.3 Å². The van der Waals surface area contributed by atoms with Gasteiger partial charge in [-0.25, -0.2) is 25.9 Å². The summed E-state index contributed by atoms with van der Waals surface area (Å²) in [7, 11) is -4.71. The number of hydrogen-bond donors (Lipinski definition) is 3. The highest BCUT2D eigenvalue weighted by molar-refractivity contribution is 7.89. The maximum absolute atomic E-state index is 12.5. The fourth-order valence-electron chi connectivity index (χ4n) is 2.34.